The van der Waals surface area contributed by atoms with Crippen LogP contribution in [-0.4, -0.2) is 13.4 Å². The van der Waals surface area contributed by atoms with Gasteiger partial charge in [0.25, 0.3) is 10.0 Å². The molecule has 4 nitrogen and oxygen atoms in total. The predicted octanol–water partition coefficient (Wildman–Crippen LogP) is 4.78. The molecular weight excluding hydrogens is 344 g/mol. The molecule has 6 heteroatoms. The number of halogens is 1. The Labute approximate surface area is 144 Å². The Kier molecular flexibility index (Phi) is 3.48. The van der Waals surface area contributed by atoms with Crippen molar-refractivity contribution in [3.8, 4) is 0 Å². The van der Waals surface area contributed by atoms with Gasteiger partial charge in [0, 0.05) is 21.3 Å². The van der Waals surface area contributed by atoms with E-state index >= 15 is 0 Å². The molecule has 4 aromatic rings. The SMILES string of the molecule is O=S(=O)(Nc1cccc2c1[nH]c1ccccc12)c1cccc(Cl)c1. The Hall–Kier alpha value is -2.50. The summed E-state index contributed by atoms with van der Waals surface area (Å²) in [6, 6.07) is 19.6. The standard InChI is InChI=1S/C18H13ClN2O2S/c19-12-5-3-6-13(11-12)24(22,23)21-17-10-4-8-15-14-7-1-2-9-16(14)20-18(15)17/h1-11,20-21H. The third kappa shape index (κ3) is 2.52. The molecule has 0 aliphatic heterocycles. The second kappa shape index (κ2) is 5.54. The van der Waals surface area contributed by atoms with Crippen LogP contribution in [0.1, 0.15) is 0 Å². The van der Waals surface area contributed by atoms with Gasteiger partial charge in [-0.2, -0.15) is 0 Å². The van der Waals surface area contributed by atoms with E-state index in [-0.39, 0.29) is 4.90 Å². The van der Waals surface area contributed by atoms with Crippen molar-refractivity contribution in [2.75, 3.05) is 4.72 Å². The van der Waals surface area contributed by atoms with Crippen LogP contribution in [0.4, 0.5) is 5.69 Å². The van der Waals surface area contributed by atoms with Gasteiger partial charge in [0.15, 0.2) is 0 Å². The van der Waals surface area contributed by atoms with Crippen LogP contribution in [0.15, 0.2) is 71.6 Å². The lowest BCUT2D eigenvalue weighted by atomic mass is 10.1. The molecule has 120 valence electrons. The van der Waals surface area contributed by atoms with E-state index in [1.165, 1.54) is 12.1 Å². The van der Waals surface area contributed by atoms with E-state index in [0.29, 0.717) is 10.7 Å². The first kappa shape index (κ1) is 15.1. The van der Waals surface area contributed by atoms with Gasteiger partial charge in [-0.3, -0.25) is 4.72 Å². The fraction of sp³-hybridized carbons (Fsp3) is 0. The maximum Gasteiger partial charge on any atom is 0.262 e. The van der Waals surface area contributed by atoms with Gasteiger partial charge >= 0.3 is 0 Å². The smallest absolute Gasteiger partial charge is 0.262 e. The van der Waals surface area contributed by atoms with E-state index in [1.54, 1.807) is 18.2 Å². The van der Waals surface area contributed by atoms with Crippen LogP contribution in [0.5, 0.6) is 0 Å². The van der Waals surface area contributed by atoms with Crippen molar-refractivity contribution in [2.45, 2.75) is 4.90 Å². The molecule has 0 fully saturated rings. The molecule has 0 aliphatic rings. The third-order valence-electron chi connectivity index (χ3n) is 3.89. The molecule has 3 aromatic carbocycles. The molecule has 0 radical (unpaired) electrons. The molecule has 1 aromatic heterocycles. The first-order chi connectivity index (χ1) is 11.5. The maximum absolute atomic E-state index is 12.6. The number of aromatic nitrogens is 1. The highest BCUT2D eigenvalue weighted by Gasteiger charge is 2.17. The minimum absolute atomic E-state index is 0.128. The molecule has 0 bridgehead atoms. The highest BCUT2D eigenvalue weighted by Crippen LogP contribution is 2.31. The molecule has 0 unspecified atom stereocenters. The van der Waals surface area contributed by atoms with Gasteiger partial charge in [-0.05, 0) is 30.3 Å². The molecule has 0 spiro atoms. The lowest BCUT2D eigenvalue weighted by Gasteiger charge is -2.09. The molecule has 1 heterocycles. The van der Waals surface area contributed by atoms with E-state index in [9.17, 15) is 8.42 Å². The number of aromatic amines is 1. The topological polar surface area (TPSA) is 62.0 Å². The van der Waals surface area contributed by atoms with Crippen LogP contribution < -0.4 is 4.72 Å². The van der Waals surface area contributed by atoms with E-state index in [4.69, 9.17) is 11.6 Å². The van der Waals surface area contributed by atoms with Gasteiger partial charge in [-0.25, -0.2) is 8.42 Å². The number of sulfonamides is 1. The Bertz CT molecular complexity index is 1170. The monoisotopic (exact) mass is 356 g/mol. The predicted molar refractivity (Wildman–Crippen MR) is 98.1 cm³/mol. The zero-order valence-corrected chi connectivity index (χ0v) is 14.0. The number of hydrogen-bond acceptors (Lipinski definition) is 2. The number of anilines is 1. The summed E-state index contributed by atoms with van der Waals surface area (Å²) in [7, 11) is -3.72. The third-order valence-corrected chi connectivity index (χ3v) is 5.49. The first-order valence-electron chi connectivity index (χ1n) is 7.32. The molecule has 24 heavy (non-hydrogen) atoms. The number of rotatable bonds is 3. The number of benzene rings is 3. The van der Waals surface area contributed by atoms with Crippen LogP contribution in [-0.2, 0) is 10.0 Å². The molecule has 0 atom stereocenters. The maximum atomic E-state index is 12.6. The molecule has 0 aliphatic carbocycles. The Morgan fingerprint density at radius 1 is 0.875 bits per heavy atom. The summed E-state index contributed by atoms with van der Waals surface area (Å²) in [6.07, 6.45) is 0. The van der Waals surface area contributed by atoms with Gasteiger partial charge in [-0.15, -0.1) is 0 Å². The van der Waals surface area contributed by atoms with Crippen molar-refractivity contribution >= 4 is 49.1 Å². The van der Waals surface area contributed by atoms with Crippen molar-refractivity contribution < 1.29 is 8.42 Å². The van der Waals surface area contributed by atoms with E-state index in [1.807, 2.05) is 36.4 Å². The second-order valence-corrected chi connectivity index (χ2v) is 7.58. The Morgan fingerprint density at radius 3 is 2.46 bits per heavy atom. The molecule has 0 saturated carbocycles. The van der Waals surface area contributed by atoms with Crippen LogP contribution in [0.3, 0.4) is 0 Å². The van der Waals surface area contributed by atoms with Crippen LogP contribution in [0.25, 0.3) is 21.8 Å². The fourth-order valence-corrected chi connectivity index (χ4v) is 4.17. The van der Waals surface area contributed by atoms with Gasteiger partial charge in [0.1, 0.15) is 0 Å². The molecule has 4 rings (SSSR count). The fourth-order valence-electron chi connectivity index (χ4n) is 2.80. The lowest BCUT2D eigenvalue weighted by Crippen LogP contribution is -2.13. The van der Waals surface area contributed by atoms with Crippen molar-refractivity contribution in [1.29, 1.82) is 0 Å². The lowest BCUT2D eigenvalue weighted by molar-refractivity contribution is 0.601. The normalized spacial score (nSPS) is 11.9. The van der Waals surface area contributed by atoms with Gasteiger partial charge in [0.2, 0.25) is 0 Å². The van der Waals surface area contributed by atoms with E-state index in [0.717, 1.165) is 21.8 Å². The minimum atomic E-state index is -3.72. The summed E-state index contributed by atoms with van der Waals surface area (Å²) in [5.74, 6) is 0. The summed E-state index contributed by atoms with van der Waals surface area (Å²) >= 11 is 5.90. The molecule has 2 N–H and O–H groups in total. The summed E-state index contributed by atoms with van der Waals surface area (Å²) < 4.78 is 27.9. The molecule has 0 amide bonds. The zero-order valence-electron chi connectivity index (χ0n) is 12.5. The first-order valence-corrected chi connectivity index (χ1v) is 9.18. The molecular formula is C18H13ClN2O2S. The highest BCUT2D eigenvalue weighted by molar-refractivity contribution is 7.92. The van der Waals surface area contributed by atoms with Crippen LogP contribution in [0.2, 0.25) is 5.02 Å². The summed E-state index contributed by atoms with van der Waals surface area (Å²) in [4.78, 5) is 3.41. The zero-order chi connectivity index (χ0) is 16.7. The number of para-hydroxylation sites is 2. The van der Waals surface area contributed by atoms with Crippen molar-refractivity contribution in [3.05, 3.63) is 71.8 Å². The number of H-pyrrole nitrogens is 1. The van der Waals surface area contributed by atoms with Crippen molar-refractivity contribution in [3.63, 3.8) is 0 Å². The Balaban J connectivity index is 1.85. The number of nitrogens with one attached hydrogen (secondary N) is 2. The largest absolute Gasteiger partial charge is 0.353 e. The van der Waals surface area contributed by atoms with Crippen molar-refractivity contribution in [1.82, 2.24) is 4.98 Å². The number of fused-ring (bicyclic) bond motifs is 3. The summed E-state index contributed by atoms with van der Waals surface area (Å²) in [5.41, 5.74) is 2.22. The summed E-state index contributed by atoms with van der Waals surface area (Å²) in [6.45, 7) is 0. The van der Waals surface area contributed by atoms with E-state index in [2.05, 4.69) is 9.71 Å². The Morgan fingerprint density at radius 2 is 1.62 bits per heavy atom. The number of hydrogen-bond donors (Lipinski definition) is 2. The van der Waals surface area contributed by atoms with Crippen LogP contribution >= 0.6 is 11.6 Å². The minimum Gasteiger partial charge on any atom is -0.353 e. The van der Waals surface area contributed by atoms with Gasteiger partial charge in [0.05, 0.1) is 16.1 Å². The van der Waals surface area contributed by atoms with Gasteiger partial charge in [-0.1, -0.05) is 48.0 Å². The highest BCUT2D eigenvalue weighted by atomic mass is 35.5. The average Bonchev–Trinajstić information content (AvgIpc) is 2.95. The quantitative estimate of drug-likeness (QED) is 0.555. The van der Waals surface area contributed by atoms with Crippen molar-refractivity contribution in [2.24, 2.45) is 0 Å². The van der Waals surface area contributed by atoms with Gasteiger partial charge < -0.3 is 4.98 Å². The second-order valence-electron chi connectivity index (χ2n) is 5.46. The van der Waals surface area contributed by atoms with E-state index < -0.39 is 10.0 Å². The summed E-state index contributed by atoms with van der Waals surface area (Å²) in [5, 5.41) is 2.40. The molecule has 0 saturated heterocycles. The average molecular weight is 357 g/mol. The van der Waals surface area contributed by atoms with Crippen LogP contribution in [0, 0.1) is 0 Å².